The number of rotatable bonds is 3. The molecule has 2 rings (SSSR count). The van der Waals surface area contributed by atoms with Crippen LogP contribution in [0.25, 0.3) is 0 Å². The summed E-state index contributed by atoms with van der Waals surface area (Å²) in [6.07, 6.45) is 0.383. The van der Waals surface area contributed by atoms with Gasteiger partial charge in [-0.15, -0.1) is 12.4 Å². The zero-order chi connectivity index (χ0) is 13.7. The number of halogens is 1. The molecule has 1 aromatic rings. The number of piperidine rings is 1. The Kier molecular flexibility index (Phi) is 6.78. The van der Waals surface area contributed by atoms with Crippen LogP contribution in [0.3, 0.4) is 0 Å². The van der Waals surface area contributed by atoms with E-state index in [0.29, 0.717) is 13.1 Å². The average Bonchev–Trinajstić information content (AvgIpc) is 2.45. The molecule has 20 heavy (non-hydrogen) atoms. The van der Waals surface area contributed by atoms with E-state index in [1.165, 1.54) is 0 Å². The third-order valence-corrected chi connectivity index (χ3v) is 3.50. The van der Waals surface area contributed by atoms with E-state index < -0.39 is 0 Å². The number of hydrogen-bond donors (Lipinski definition) is 2. The number of hydrogen-bond acceptors (Lipinski definition) is 4. The highest BCUT2D eigenvalue weighted by molar-refractivity contribution is 5.85. The number of nitrogens with zero attached hydrogens (tertiary/aromatic N) is 1. The number of amides is 1. The molecule has 1 fully saturated rings. The highest BCUT2D eigenvalue weighted by Crippen LogP contribution is 2.16. The summed E-state index contributed by atoms with van der Waals surface area (Å²) in [6.45, 7) is 1.38. The summed E-state index contributed by atoms with van der Waals surface area (Å²) in [6, 6.07) is 9.39. The van der Waals surface area contributed by atoms with Gasteiger partial charge in [0, 0.05) is 31.7 Å². The van der Waals surface area contributed by atoms with Crippen molar-refractivity contribution < 1.29 is 14.6 Å². The molecule has 112 valence electrons. The van der Waals surface area contributed by atoms with Gasteiger partial charge in [0.2, 0.25) is 0 Å². The standard InChI is InChI=1S/C14H20N2O3.ClH/c15-13-8-16(7-6-12(13)9-17)14(18)19-10-11-4-2-1-3-5-11;/h1-5,12-13,17H,6-10,15H2;1H. The van der Waals surface area contributed by atoms with E-state index in [2.05, 4.69) is 0 Å². The van der Waals surface area contributed by atoms with Crippen molar-refractivity contribution in [2.24, 2.45) is 11.7 Å². The van der Waals surface area contributed by atoms with Gasteiger partial charge in [0.1, 0.15) is 6.61 Å². The molecule has 0 aliphatic carbocycles. The van der Waals surface area contributed by atoms with Crippen molar-refractivity contribution >= 4 is 18.5 Å². The predicted octanol–water partition coefficient (Wildman–Crippen LogP) is 1.39. The Hall–Kier alpha value is -1.30. The molecule has 1 saturated heterocycles. The molecular formula is C14H21ClN2O3. The number of benzene rings is 1. The van der Waals surface area contributed by atoms with E-state index in [1.807, 2.05) is 30.3 Å². The first-order valence-electron chi connectivity index (χ1n) is 6.52. The molecule has 1 heterocycles. The number of aliphatic hydroxyl groups is 1. The summed E-state index contributed by atoms with van der Waals surface area (Å²) in [5.74, 6) is 0.0816. The third kappa shape index (κ3) is 4.37. The van der Waals surface area contributed by atoms with Gasteiger partial charge in [0.05, 0.1) is 0 Å². The Bertz CT molecular complexity index is 416. The van der Waals surface area contributed by atoms with Crippen LogP contribution in [-0.2, 0) is 11.3 Å². The van der Waals surface area contributed by atoms with Gasteiger partial charge in [-0.3, -0.25) is 0 Å². The Morgan fingerprint density at radius 2 is 2.10 bits per heavy atom. The number of carbonyl (C=O) groups is 1. The number of aliphatic hydroxyl groups excluding tert-OH is 1. The monoisotopic (exact) mass is 300 g/mol. The second-order valence-corrected chi connectivity index (χ2v) is 4.88. The number of nitrogens with two attached hydrogens (primary N) is 1. The first-order valence-corrected chi connectivity index (χ1v) is 6.52. The Labute approximate surface area is 125 Å². The Balaban J connectivity index is 0.00000200. The fraction of sp³-hybridized carbons (Fsp3) is 0.500. The first-order chi connectivity index (χ1) is 9.20. The molecule has 2 atom stereocenters. The van der Waals surface area contributed by atoms with Crippen LogP contribution in [0.1, 0.15) is 12.0 Å². The molecule has 0 aromatic heterocycles. The number of likely N-dealkylation sites (tertiary alicyclic amines) is 1. The summed E-state index contributed by atoms with van der Waals surface area (Å²) in [5.41, 5.74) is 6.88. The fourth-order valence-electron chi connectivity index (χ4n) is 2.23. The maximum absolute atomic E-state index is 11.9. The molecule has 0 radical (unpaired) electrons. The van der Waals surface area contributed by atoms with Crippen molar-refractivity contribution in [1.29, 1.82) is 0 Å². The van der Waals surface area contributed by atoms with Crippen LogP contribution in [0, 0.1) is 5.92 Å². The third-order valence-electron chi connectivity index (χ3n) is 3.50. The zero-order valence-corrected chi connectivity index (χ0v) is 12.1. The van der Waals surface area contributed by atoms with Gasteiger partial charge in [-0.2, -0.15) is 0 Å². The molecular weight excluding hydrogens is 280 g/mol. The van der Waals surface area contributed by atoms with Crippen molar-refractivity contribution in [2.45, 2.75) is 19.1 Å². The van der Waals surface area contributed by atoms with Crippen LogP contribution >= 0.6 is 12.4 Å². The quantitative estimate of drug-likeness (QED) is 0.884. The highest BCUT2D eigenvalue weighted by Gasteiger charge is 2.29. The number of ether oxygens (including phenoxy) is 1. The summed E-state index contributed by atoms with van der Waals surface area (Å²) in [7, 11) is 0. The second kappa shape index (κ2) is 8.09. The lowest BCUT2D eigenvalue weighted by molar-refractivity contribution is 0.0665. The SMILES string of the molecule is Cl.NC1CN(C(=O)OCc2ccccc2)CCC1CO. The predicted molar refractivity (Wildman–Crippen MR) is 78.6 cm³/mol. The van der Waals surface area contributed by atoms with Gasteiger partial charge in [0.25, 0.3) is 0 Å². The molecule has 1 amide bonds. The minimum absolute atomic E-state index is 0. The molecule has 1 aliphatic heterocycles. The van der Waals surface area contributed by atoms with Crippen LogP contribution in [0.2, 0.25) is 0 Å². The topological polar surface area (TPSA) is 75.8 Å². The second-order valence-electron chi connectivity index (χ2n) is 4.88. The molecule has 2 unspecified atom stereocenters. The van der Waals surface area contributed by atoms with Crippen molar-refractivity contribution in [3.8, 4) is 0 Å². The van der Waals surface area contributed by atoms with Crippen LogP contribution in [0.15, 0.2) is 30.3 Å². The van der Waals surface area contributed by atoms with Crippen LogP contribution in [-0.4, -0.2) is 41.8 Å². The zero-order valence-electron chi connectivity index (χ0n) is 11.3. The largest absolute Gasteiger partial charge is 0.445 e. The van der Waals surface area contributed by atoms with E-state index in [1.54, 1.807) is 4.90 Å². The molecule has 1 aromatic carbocycles. The molecule has 6 heteroatoms. The maximum atomic E-state index is 11.9. The van der Waals surface area contributed by atoms with Crippen molar-refractivity contribution in [3.63, 3.8) is 0 Å². The van der Waals surface area contributed by atoms with Gasteiger partial charge < -0.3 is 20.5 Å². The summed E-state index contributed by atoms with van der Waals surface area (Å²) in [4.78, 5) is 13.5. The van der Waals surface area contributed by atoms with Crippen molar-refractivity contribution in [3.05, 3.63) is 35.9 Å². The molecule has 0 saturated carbocycles. The summed E-state index contributed by atoms with van der Waals surface area (Å²) < 4.78 is 5.25. The lowest BCUT2D eigenvalue weighted by Gasteiger charge is -2.35. The highest BCUT2D eigenvalue weighted by atomic mass is 35.5. The van der Waals surface area contributed by atoms with Gasteiger partial charge in [0.15, 0.2) is 0 Å². The van der Waals surface area contributed by atoms with E-state index in [-0.39, 0.29) is 43.7 Å². The molecule has 5 nitrogen and oxygen atoms in total. The maximum Gasteiger partial charge on any atom is 0.410 e. The molecule has 0 spiro atoms. The van der Waals surface area contributed by atoms with Gasteiger partial charge >= 0.3 is 6.09 Å². The summed E-state index contributed by atoms with van der Waals surface area (Å²) >= 11 is 0. The smallest absolute Gasteiger partial charge is 0.410 e. The van der Waals surface area contributed by atoms with E-state index in [4.69, 9.17) is 15.6 Å². The van der Waals surface area contributed by atoms with Crippen LogP contribution in [0.4, 0.5) is 4.79 Å². The molecule has 3 N–H and O–H groups in total. The van der Waals surface area contributed by atoms with Gasteiger partial charge in [-0.25, -0.2) is 4.79 Å². The fourth-order valence-corrected chi connectivity index (χ4v) is 2.23. The van der Waals surface area contributed by atoms with Crippen molar-refractivity contribution in [1.82, 2.24) is 4.90 Å². The number of carbonyl (C=O) groups excluding carboxylic acids is 1. The lowest BCUT2D eigenvalue weighted by atomic mass is 9.93. The Morgan fingerprint density at radius 3 is 2.70 bits per heavy atom. The Morgan fingerprint density at radius 1 is 1.40 bits per heavy atom. The lowest BCUT2D eigenvalue weighted by Crippen LogP contribution is -2.51. The minimum Gasteiger partial charge on any atom is -0.445 e. The average molecular weight is 301 g/mol. The van der Waals surface area contributed by atoms with Crippen LogP contribution < -0.4 is 5.73 Å². The molecule has 0 bridgehead atoms. The van der Waals surface area contributed by atoms with Gasteiger partial charge in [-0.1, -0.05) is 30.3 Å². The van der Waals surface area contributed by atoms with Gasteiger partial charge in [-0.05, 0) is 12.0 Å². The first kappa shape index (κ1) is 16.8. The minimum atomic E-state index is -0.337. The van der Waals surface area contributed by atoms with E-state index in [9.17, 15) is 4.79 Å². The van der Waals surface area contributed by atoms with E-state index >= 15 is 0 Å². The normalized spacial score (nSPS) is 22.0. The van der Waals surface area contributed by atoms with Crippen molar-refractivity contribution in [2.75, 3.05) is 19.7 Å². The summed E-state index contributed by atoms with van der Waals surface area (Å²) in [5, 5.41) is 9.12. The van der Waals surface area contributed by atoms with Crippen LogP contribution in [0.5, 0.6) is 0 Å². The molecule has 1 aliphatic rings. The van der Waals surface area contributed by atoms with E-state index in [0.717, 1.165) is 12.0 Å².